The van der Waals surface area contributed by atoms with Crippen molar-refractivity contribution in [1.29, 1.82) is 0 Å². The highest BCUT2D eigenvalue weighted by Crippen LogP contribution is 2.25. The van der Waals surface area contributed by atoms with Gasteiger partial charge in [0.1, 0.15) is 12.1 Å². The van der Waals surface area contributed by atoms with E-state index in [1.54, 1.807) is 6.33 Å². The van der Waals surface area contributed by atoms with Crippen molar-refractivity contribution in [3.63, 3.8) is 0 Å². The molecule has 1 aliphatic rings. The highest BCUT2D eigenvalue weighted by atomic mass is 16.5. The zero-order chi connectivity index (χ0) is 14.7. The number of ether oxygens (including phenoxy) is 1. The number of anilines is 1. The zero-order valence-electron chi connectivity index (χ0n) is 12.3. The molecule has 1 atom stereocenters. The minimum absolute atomic E-state index is 0.372. The molecule has 0 amide bonds. The number of hydrogen-bond donors (Lipinski definition) is 0. The van der Waals surface area contributed by atoms with Crippen molar-refractivity contribution < 1.29 is 9.26 Å². The van der Waals surface area contributed by atoms with Crippen LogP contribution in [0.5, 0.6) is 0 Å². The maximum absolute atomic E-state index is 5.42. The van der Waals surface area contributed by atoms with E-state index in [-0.39, 0.29) is 0 Å². The van der Waals surface area contributed by atoms with Gasteiger partial charge in [0, 0.05) is 32.1 Å². The summed E-state index contributed by atoms with van der Waals surface area (Å²) in [5.74, 6) is 2.55. The summed E-state index contributed by atoms with van der Waals surface area (Å²) in [4.78, 5) is 15.0. The molecule has 3 heterocycles. The lowest BCUT2D eigenvalue weighted by molar-refractivity contribution is 0.193. The lowest BCUT2D eigenvalue weighted by atomic mass is 10.0. The third kappa shape index (κ3) is 3.18. The molecule has 7 heteroatoms. The molecular weight excluding hydrogens is 270 g/mol. The van der Waals surface area contributed by atoms with Gasteiger partial charge in [0.05, 0.1) is 18.8 Å². The maximum Gasteiger partial charge on any atom is 0.226 e. The van der Waals surface area contributed by atoms with Crippen LogP contribution in [0.15, 0.2) is 16.9 Å². The van der Waals surface area contributed by atoms with Crippen molar-refractivity contribution in [3.05, 3.63) is 29.8 Å². The Bertz CT molecular complexity index is 595. The second-order valence-corrected chi connectivity index (χ2v) is 5.18. The van der Waals surface area contributed by atoms with Crippen molar-refractivity contribution >= 4 is 5.82 Å². The van der Waals surface area contributed by atoms with E-state index in [2.05, 4.69) is 20.1 Å². The second-order valence-electron chi connectivity index (χ2n) is 5.18. The standard InChI is InChI=1S/C14H19N5O2/c1-3-14-17-12(18-21-14)7-19(2)13-6-11(15-9-16-13)10-4-5-20-8-10/h6,9-10H,3-5,7-8H2,1-2H3/t10-/m1/s1. The summed E-state index contributed by atoms with van der Waals surface area (Å²) in [6.07, 6.45) is 3.37. The predicted molar refractivity (Wildman–Crippen MR) is 76.0 cm³/mol. The molecule has 1 fully saturated rings. The lowest BCUT2D eigenvalue weighted by Crippen LogP contribution is -2.19. The Balaban J connectivity index is 1.71. The number of hydrogen-bond acceptors (Lipinski definition) is 7. The van der Waals surface area contributed by atoms with Crippen LogP contribution in [0.4, 0.5) is 5.82 Å². The highest BCUT2D eigenvalue weighted by molar-refractivity contribution is 5.38. The first kappa shape index (κ1) is 13.9. The minimum atomic E-state index is 0.372. The Morgan fingerprint density at radius 2 is 2.29 bits per heavy atom. The van der Waals surface area contributed by atoms with Crippen LogP contribution >= 0.6 is 0 Å². The predicted octanol–water partition coefficient (Wildman–Crippen LogP) is 1.56. The first-order chi connectivity index (χ1) is 10.3. The number of rotatable bonds is 5. The first-order valence-corrected chi connectivity index (χ1v) is 7.18. The van der Waals surface area contributed by atoms with Gasteiger partial charge in [0.2, 0.25) is 5.89 Å². The third-order valence-corrected chi connectivity index (χ3v) is 3.60. The van der Waals surface area contributed by atoms with Crippen LogP contribution in [0, 0.1) is 0 Å². The molecule has 0 aliphatic carbocycles. The quantitative estimate of drug-likeness (QED) is 0.826. The molecule has 0 saturated carbocycles. The molecule has 1 aliphatic heterocycles. The third-order valence-electron chi connectivity index (χ3n) is 3.60. The fraction of sp³-hybridized carbons (Fsp3) is 0.571. The van der Waals surface area contributed by atoms with Gasteiger partial charge in [-0.25, -0.2) is 9.97 Å². The van der Waals surface area contributed by atoms with E-state index >= 15 is 0 Å². The van der Waals surface area contributed by atoms with E-state index < -0.39 is 0 Å². The maximum atomic E-state index is 5.42. The number of aromatic nitrogens is 4. The Morgan fingerprint density at radius 1 is 1.38 bits per heavy atom. The summed E-state index contributed by atoms with van der Waals surface area (Å²) < 4.78 is 10.5. The summed E-state index contributed by atoms with van der Waals surface area (Å²) in [6, 6.07) is 2.01. The van der Waals surface area contributed by atoms with E-state index in [9.17, 15) is 0 Å². The topological polar surface area (TPSA) is 77.2 Å². The van der Waals surface area contributed by atoms with Gasteiger partial charge in [-0.15, -0.1) is 0 Å². The molecule has 1 saturated heterocycles. The SMILES string of the molecule is CCc1nc(CN(C)c2cc([C@@H]3CCOC3)ncn2)no1. The summed E-state index contributed by atoms with van der Waals surface area (Å²) in [7, 11) is 1.96. The van der Waals surface area contributed by atoms with Crippen molar-refractivity contribution in [2.45, 2.75) is 32.2 Å². The van der Waals surface area contributed by atoms with Crippen LogP contribution in [0.25, 0.3) is 0 Å². The average molecular weight is 289 g/mol. The van der Waals surface area contributed by atoms with Crippen LogP contribution in [0.2, 0.25) is 0 Å². The van der Waals surface area contributed by atoms with Gasteiger partial charge in [0.25, 0.3) is 0 Å². The van der Waals surface area contributed by atoms with Crippen molar-refractivity contribution in [3.8, 4) is 0 Å². The van der Waals surface area contributed by atoms with E-state index in [1.165, 1.54) is 0 Å². The normalized spacial score (nSPS) is 18.1. The van der Waals surface area contributed by atoms with Gasteiger partial charge in [0.15, 0.2) is 5.82 Å². The molecule has 21 heavy (non-hydrogen) atoms. The Hall–Kier alpha value is -2.02. The Labute approximate surface area is 123 Å². The summed E-state index contributed by atoms with van der Waals surface area (Å²) in [5.41, 5.74) is 1.03. The Kier molecular flexibility index (Phi) is 4.10. The van der Waals surface area contributed by atoms with E-state index in [1.807, 2.05) is 24.9 Å². The van der Waals surface area contributed by atoms with Gasteiger partial charge in [-0.05, 0) is 6.42 Å². The minimum Gasteiger partial charge on any atom is -0.381 e. The Morgan fingerprint density at radius 3 is 3.00 bits per heavy atom. The smallest absolute Gasteiger partial charge is 0.226 e. The monoisotopic (exact) mass is 289 g/mol. The van der Waals surface area contributed by atoms with Crippen LogP contribution in [-0.4, -0.2) is 40.4 Å². The molecule has 0 unspecified atom stereocenters. The van der Waals surface area contributed by atoms with Gasteiger partial charge in [-0.2, -0.15) is 4.98 Å². The second kappa shape index (κ2) is 6.17. The molecule has 7 nitrogen and oxygen atoms in total. The summed E-state index contributed by atoms with van der Waals surface area (Å²) in [6.45, 7) is 4.09. The van der Waals surface area contributed by atoms with Crippen molar-refractivity contribution in [2.75, 3.05) is 25.2 Å². The number of aryl methyl sites for hydroxylation is 1. The van der Waals surface area contributed by atoms with Gasteiger partial charge in [-0.3, -0.25) is 0 Å². The van der Waals surface area contributed by atoms with E-state index in [0.29, 0.717) is 24.2 Å². The molecule has 0 radical (unpaired) electrons. The summed E-state index contributed by atoms with van der Waals surface area (Å²) in [5, 5.41) is 3.96. The molecule has 3 rings (SSSR count). The molecule has 2 aromatic rings. The van der Waals surface area contributed by atoms with E-state index in [4.69, 9.17) is 9.26 Å². The molecule has 0 aromatic carbocycles. The lowest BCUT2D eigenvalue weighted by Gasteiger charge is -2.17. The molecule has 0 spiro atoms. The van der Waals surface area contributed by atoms with Crippen LogP contribution in [0.1, 0.15) is 36.7 Å². The largest absolute Gasteiger partial charge is 0.381 e. The molecular formula is C14H19N5O2. The van der Waals surface area contributed by atoms with Gasteiger partial charge < -0.3 is 14.2 Å². The van der Waals surface area contributed by atoms with Crippen molar-refractivity contribution in [2.24, 2.45) is 0 Å². The van der Waals surface area contributed by atoms with Gasteiger partial charge >= 0.3 is 0 Å². The van der Waals surface area contributed by atoms with Crippen LogP contribution in [-0.2, 0) is 17.7 Å². The molecule has 0 bridgehead atoms. The molecule has 0 N–H and O–H groups in total. The fourth-order valence-electron chi connectivity index (χ4n) is 2.35. The first-order valence-electron chi connectivity index (χ1n) is 7.18. The van der Waals surface area contributed by atoms with Crippen molar-refractivity contribution in [1.82, 2.24) is 20.1 Å². The fourth-order valence-corrected chi connectivity index (χ4v) is 2.35. The average Bonchev–Trinajstić information content (AvgIpc) is 3.18. The van der Waals surface area contributed by atoms with E-state index in [0.717, 1.165) is 37.6 Å². The van der Waals surface area contributed by atoms with Crippen LogP contribution in [0.3, 0.4) is 0 Å². The summed E-state index contributed by atoms with van der Waals surface area (Å²) >= 11 is 0. The highest BCUT2D eigenvalue weighted by Gasteiger charge is 2.20. The number of nitrogens with zero attached hydrogens (tertiary/aromatic N) is 5. The molecule has 112 valence electrons. The van der Waals surface area contributed by atoms with Gasteiger partial charge in [-0.1, -0.05) is 12.1 Å². The zero-order valence-corrected chi connectivity index (χ0v) is 12.3. The van der Waals surface area contributed by atoms with Crippen LogP contribution < -0.4 is 4.90 Å². The molecule has 2 aromatic heterocycles.